The van der Waals surface area contributed by atoms with Crippen LogP contribution in [0.15, 0.2) is 0 Å². The van der Waals surface area contributed by atoms with E-state index in [4.69, 9.17) is 0 Å². The molecule has 2 aliphatic rings. The molecule has 2 saturated heterocycles. The van der Waals surface area contributed by atoms with E-state index >= 15 is 0 Å². The van der Waals surface area contributed by atoms with E-state index in [9.17, 15) is 5.11 Å². The second kappa shape index (κ2) is 6.36. The lowest BCUT2D eigenvalue weighted by atomic mass is 9.82. The van der Waals surface area contributed by atoms with Crippen LogP contribution in [-0.4, -0.2) is 48.3 Å². The second-order valence-corrected chi connectivity index (χ2v) is 6.30. The summed E-state index contributed by atoms with van der Waals surface area (Å²) in [6.07, 6.45) is 7.51. The lowest BCUT2D eigenvalue weighted by molar-refractivity contribution is 0.0987. The Morgan fingerprint density at radius 2 is 2.00 bits per heavy atom. The first kappa shape index (κ1) is 14.3. The van der Waals surface area contributed by atoms with Crippen LogP contribution < -0.4 is 5.32 Å². The Balaban J connectivity index is 1.79. The Morgan fingerprint density at radius 1 is 1.22 bits per heavy atom. The zero-order valence-corrected chi connectivity index (χ0v) is 12.1. The van der Waals surface area contributed by atoms with Crippen LogP contribution in [0, 0.1) is 5.41 Å². The summed E-state index contributed by atoms with van der Waals surface area (Å²) < 4.78 is 0. The van der Waals surface area contributed by atoms with Gasteiger partial charge in [0.15, 0.2) is 0 Å². The molecule has 0 bridgehead atoms. The van der Waals surface area contributed by atoms with Crippen molar-refractivity contribution in [2.24, 2.45) is 5.41 Å². The summed E-state index contributed by atoms with van der Waals surface area (Å²) in [5.74, 6) is 0. The second-order valence-electron chi connectivity index (χ2n) is 6.30. The van der Waals surface area contributed by atoms with Gasteiger partial charge in [-0.2, -0.15) is 0 Å². The molecule has 2 atom stereocenters. The molecule has 2 heterocycles. The van der Waals surface area contributed by atoms with Gasteiger partial charge in [-0.15, -0.1) is 0 Å². The molecular weight excluding hydrogens is 224 g/mol. The monoisotopic (exact) mass is 254 g/mol. The number of nitrogens with one attached hydrogen (secondary N) is 1. The summed E-state index contributed by atoms with van der Waals surface area (Å²) in [6.45, 7) is 8.28. The molecule has 0 spiro atoms. The van der Waals surface area contributed by atoms with Crippen molar-refractivity contribution in [2.75, 3.05) is 26.2 Å². The maximum Gasteiger partial charge on any atom is 0.0499 e. The lowest BCUT2D eigenvalue weighted by Crippen LogP contribution is -2.48. The van der Waals surface area contributed by atoms with Gasteiger partial charge in [-0.3, -0.25) is 0 Å². The molecule has 3 nitrogen and oxygen atoms in total. The minimum atomic E-state index is 0.104. The third-order valence-electron chi connectivity index (χ3n) is 5.42. The average molecular weight is 254 g/mol. The molecular formula is C15H30N2O. The van der Waals surface area contributed by atoms with E-state index in [1.807, 2.05) is 0 Å². The molecule has 0 saturated carbocycles. The van der Waals surface area contributed by atoms with Gasteiger partial charge in [-0.25, -0.2) is 0 Å². The van der Waals surface area contributed by atoms with Crippen LogP contribution >= 0.6 is 0 Å². The SMILES string of the molecule is CCC(CC)(CO)CNC1CCN2CCCC2C1. The standard InChI is InChI=1S/C15H30N2O/c1-3-15(4-2,12-18)11-16-13-7-9-17-8-5-6-14(17)10-13/h13-14,16,18H,3-12H2,1-2H3. The summed E-state index contributed by atoms with van der Waals surface area (Å²) in [5, 5.41) is 13.3. The molecule has 0 radical (unpaired) electrons. The van der Waals surface area contributed by atoms with Crippen molar-refractivity contribution >= 4 is 0 Å². The summed E-state index contributed by atoms with van der Waals surface area (Å²) in [5.41, 5.74) is 0.104. The molecule has 18 heavy (non-hydrogen) atoms. The molecule has 0 aromatic rings. The first-order chi connectivity index (χ1) is 8.73. The number of fused-ring (bicyclic) bond motifs is 1. The van der Waals surface area contributed by atoms with E-state index in [0.717, 1.165) is 25.4 Å². The van der Waals surface area contributed by atoms with Gasteiger partial charge < -0.3 is 15.3 Å². The Bertz CT molecular complexity index is 245. The molecule has 2 aliphatic heterocycles. The minimum Gasteiger partial charge on any atom is -0.396 e. The highest BCUT2D eigenvalue weighted by atomic mass is 16.3. The molecule has 0 aliphatic carbocycles. The van der Waals surface area contributed by atoms with Gasteiger partial charge >= 0.3 is 0 Å². The number of nitrogens with zero attached hydrogens (tertiary/aromatic N) is 1. The van der Waals surface area contributed by atoms with Crippen LogP contribution in [0.25, 0.3) is 0 Å². The maximum atomic E-state index is 9.61. The van der Waals surface area contributed by atoms with Crippen LogP contribution in [-0.2, 0) is 0 Å². The van der Waals surface area contributed by atoms with E-state index < -0.39 is 0 Å². The summed E-state index contributed by atoms with van der Waals surface area (Å²) >= 11 is 0. The number of hydrogen-bond acceptors (Lipinski definition) is 3. The zero-order chi connectivity index (χ0) is 13.0. The number of aliphatic hydroxyl groups excluding tert-OH is 1. The normalized spacial score (nSPS) is 29.5. The topological polar surface area (TPSA) is 35.5 Å². The fourth-order valence-corrected chi connectivity index (χ4v) is 3.55. The molecule has 0 aromatic carbocycles. The van der Waals surface area contributed by atoms with Gasteiger partial charge in [0.1, 0.15) is 0 Å². The highest BCUT2D eigenvalue weighted by molar-refractivity contribution is 4.90. The molecule has 2 rings (SSSR count). The summed E-state index contributed by atoms with van der Waals surface area (Å²) in [7, 11) is 0. The average Bonchev–Trinajstić information content (AvgIpc) is 2.88. The van der Waals surface area contributed by atoms with Gasteiger partial charge in [0.2, 0.25) is 0 Å². The predicted molar refractivity (Wildman–Crippen MR) is 75.7 cm³/mol. The van der Waals surface area contributed by atoms with Crippen molar-refractivity contribution in [2.45, 2.75) is 64.5 Å². The first-order valence-electron chi connectivity index (χ1n) is 7.81. The van der Waals surface area contributed by atoms with Crippen LogP contribution in [0.3, 0.4) is 0 Å². The number of hydrogen-bond donors (Lipinski definition) is 2. The maximum absolute atomic E-state index is 9.61. The first-order valence-corrected chi connectivity index (χ1v) is 7.81. The fraction of sp³-hybridized carbons (Fsp3) is 1.00. The highest BCUT2D eigenvalue weighted by Crippen LogP contribution is 2.29. The summed E-state index contributed by atoms with van der Waals surface area (Å²) in [6, 6.07) is 1.51. The fourth-order valence-electron chi connectivity index (χ4n) is 3.55. The zero-order valence-electron chi connectivity index (χ0n) is 12.1. The van der Waals surface area contributed by atoms with Crippen molar-refractivity contribution in [3.8, 4) is 0 Å². The minimum absolute atomic E-state index is 0.104. The van der Waals surface area contributed by atoms with Crippen molar-refractivity contribution < 1.29 is 5.11 Å². The quantitative estimate of drug-likeness (QED) is 0.761. The van der Waals surface area contributed by atoms with Crippen LogP contribution in [0.1, 0.15) is 52.4 Å². The Morgan fingerprint density at radius 3 is 2.67 bits per heavy atom. The van der Waals surface area contributed by atoms with E-state index in [-0.39, 0.29) is 5.41 Å². The van der Waals surface area contributed by atoms with Gasteiger partial charge in [-0.1, -0.05) is 13.8 Å². The third-order valence-corrected chi connectivity index (χ3v) is 5.42. The molecule has 0 aromatic heterocycles. The van der Waals surface area contributed by atoms with Crippen molar-refractivity contribution in [1.82, 2.24) is 10.2 Å². The van der Waals surface area contributed by atoms with Crippen LogP contribution in [0.4, 0.5) is 0 Å². The Hall–Kier alpha value is -0.120. The number of aliphatic hydroxyl groups is 1. The largest absolute Gasteiger partial charge is 0.396 e. The highest BCUT2D eigenvalue weighted by Gasteiger charge is 2.33. The molecule has 0 amide bonds. The van der Waals surface area contributed by atoms with Crippen LogP contribution in [0.2, 0.25) is 0 Å². The van der Waals surface area contributed by atoms with Gasteiger partial charge in [0.05, 0.1) is 0 Å². The van der Waals surface area contributed by atoms with Gasteiger partial charge in [0, 0.05) is 30.7 Å². The number of rotatable bonds is 6. The smallest absolute Gasteiger partial charge is 0.0499 e. The van der Waals surface area contributed by atoms with Crippen molar-refractivity contribution in [3.63, 3.8) is 0 Å². The van der Waals surface area contributed by atoms with Gasteiger partial charge in [0.25, 0.3) is 0 Å². The molecule has 106 valence electrons. The third kappa shape index (κ3) is 3.06. The van der Waals surface area contributed by atoms with Crippen molar-refractivity contribution in [3.05, 3.63) is 0 Å². The van der Waals surface area contributed by atoms with Crippen LogP contribution in [0.5, 0.6) is 0 Å². The van der Waals surface area contributed by atoms with Gasteiger partial charge in [-0.05, 0) is 51.6 Å². The van der Waals surface area contributed by atoms with E-state index in [2.05, 4.69) is 24.1 Å². The number of piperidine rings is 1. The van der Waals surface area contributed by atoms with E-state index in [1.54, 1.807) is 0 Å². The molecule has 3 heteroatoms. The molecule has 2 unspecified atom stereocenters. The Kier molecular flexibility index (Phi) is 5.05. The molecule has 2 N–H and O–H groups in total. The van der Waals surface area contributed by atoms with Crippen molar-refractivity contribution in [1.29, 1.82) is 0 Å². The van der Waals surface area contributed by atoms with E-state index in [0.29, 0.717) is 12.6 Å². The summed E-state index contributed by atoms with van der Waals surface area (Å²) in [4.78, 5) is 2.66. The predicted octanol–water partition coefficient (Wildman–Crippen LogP) is 2.00. The van der Waals surface area contributed by atoms with E-state index in [1.165, 1.54) is 38.8 Å². The lowest BCUT2D eigenvalue weighted by Gasteiger charge is -2.38. The molecule has 2 fully saturated rings. The Labute approximate surface area is 112 Å².